The van der Waals surface area contributed by atoms with Crippen molar-refractivity contribution >= 4 is 61.3 Å². The van der Waals surface area contributed by atoms with Gasteiger partial charge in [0.1, 0.15) is 0 Å². The van der Waals surface area contributed by atoms with E-state index in [2.05, 4.69) is 156 Å². The molecule has 0 bridgehead atoms. The zero-order chi connectivity index (χ0) is 37.3. The van der Waals surface area contributed by atoms with E-state index in [0.29, 0.717) is 23.7 Å². The van der Waals surface area contributed by atoms with Crippen LogP contribution in [0.5, 0.6) is 0 Å². The van der Waals surface area contributed by atoms with Crippen LogP contribution in [0.4, 0.5) is 0 Å². The molecule has 3 aromatic carbocycles. The minimum Gasteiger partial charge on any atom is -0.512 e. The summed E-state index contributed by atoms with van der Waals surface area (Å²) in [5.74, 6) is 1.63. The molecule has 6 heteroatoms. The van der Waals surface area contributed by atoms with E-state index in [1.165, 1.54) is 42.4 Å². The summed E-state index contributed by atoms with van der Waals surface area (Å²) in [5, 5.41) is 16.9. The zero-order valence-electron chi connectivity index (χ0n) is 33.4. The number of aliphatic hydroxyl groups excluding tert-OH is 1. The van der Waals surface area contributed by atoms with E-state index >= 15 is 0 Å². The Morgan fingerprint density at radius 1 is 0.784 bits per heavy atom. The van der Waals surface area contributed by atoms with Crippen LogP contribution in [0.25, 0.3) is 42.2 Å². The zero-order valence-corrected chi connectivity index (χ0v) is 37.6. The van der Waals surface area contributed by atoms with Gasteiger partial charge in [-0.3, -0.25) is 9.78 Å². The summed E-state index contributed by atoms with van der Waals surface area (Å²) in [4.78, 5) is 17.2. The van der Waals surface area contributed by atoms with Gasteiger partial charge in [-0.1, -0.05) is 143 Å². The summed E-state index contributed by atoms with van der Waals surface area (Å²) >= 11 is 1.91. The second kappa shape index (κ2) is 17.0. The number of nitrogens with zero attached hydrogens (tertiary/aromatic N) is 1. The van der Waals surface area contributed by atoms with Gasteiger partial charge in [0.25, 0.3) is 0 Å². The number of hydrogen-bond donors (Lipinski definition) is 1. The molecule has 0 unspecified atom stereocenters. The van der Waals surface area contributed by atoms with E-state index in [9.17, 15) is 9.90 Å². The van der Waals surface area contributed by atoms with Crippen LogP contribution in [0, 0.1) is 41.6 Å². The molecule has 0 aliphatic rings. The van der Waals surface area contributed by atoms with E-state index < -0.39 is 8.07 Å². The SMILES string of the molecule is CC(C)(C)c1cc(-c2nccc3c2sc2c([Si](C)(C)C)cccc23)[c-]c2ccccc12.CC(C)C(C(=O)/C=C(\O)C(C(C)C)C(C)C)C(C)C.[Ir]. The van der Waals surface area contributed by atoms with Gasteiger partial charge in [0.05, 0.1) is 13.8 Å². The number of rotatable bonds is 9. The number of pyridine rings is 1. The van der Waals surface area contributed by atoms with Crippen LogP contribution in [-0.2, 0) is 30.3 Å². The van der Waals surface area contributed by atoms with Crippen LogP contribution in [0.1, 0.15) is 81.7 Å². The molecule has 0 atom stereocenters. The topological polar surface area (TPSA) is 50.2 Å². The number of hydrogen-bond acceptors (Lipinski definition) is 4. The molecule has 1 radical (unpaired) electrons. The van der Waals surface area contributed by atoms with Crippen molar-refractivity contribution in [3.8, 4) is 11.3 Å². The van der Waals surface area contributed by atoms with Crippen LogP contribution in [0.3, 0.4) is 0 Å². The Labute approximate surface area is 326 Å². The van der Waals surface area contributed by atoms with Gasteiger partial charge in [-0.15, -0.1) is 40.5 Å². The third kappa shape index (κ3) is 9.68. The van der Waals surface area contributed by atoms with Gasteiger partial charge in [0.2, 0.25) is 0 Å². The second-order valence-electron chi connectivity index (χ2n) is 17.5. The Morgan fingerprint density at radius 3 is 1.88 bits per heavy atom. The third-order valence-corrected chi connectivity index (χ3v) is 13.4. The van der Waals surface area contributed by atoms with Gasteiger partial charge in [0.15, 0.2) is 5.78 Å². The Bertz CT molecular complexity index is 1980. The van der Waals surface area contributed by atoms with Gasteiger partial charge < -0.3 is 5.11 Å². The average molecular weight is 899 g/mol. The van der Waals surface area contributed by atoms with E-state index in [1.54, 1.807) is 0 Å². The molecule has 0 aliphatic heterocycles. The first-order valence-corrected chi connectivity index (χ1v) is 22.8. The van der Waals surface area contributed by atoms with Crippen LogP contribution in [0.15, 0.2) is 72.6 Å². The van der Waals surface area contributed by atoms with Crippen LogP contribution < -0.4 is 5.19 Å². The number of benzene rings is 3. The van der Waals surface area contributed by atoms with E-state index in [-0.39, 0.29) is 48.9 Å². The standard InChI is InChI=1S/C28H28NSSi.C17H32O2.Ir/c1-28(2,3)23-17-19(16-18-10-7-8-11-20(18)23)25-27-22(14-15-29-25)21-12-9-13-24(26(21)30-27)31(4,5)6;1-10(2)16(11(3)4)14(18)9-15(19)17(12(5)6)13(7)8;/h7-15,17H,1-6H3;9-13,16-18H,1-8H3;/q-1;;/b;14-9-;. The largest absolute Gasteiger partial charge is 0.512 e. The Kier molecular flexibility index (Phi) is 14.3. The smallest absolute Gasteiger partial charge is 0.162 e. The van der Waals surface area contributed by atoms with Gasteiger partial charge in [-0.25, -0.2) is 0 Å². The second-order valence-corrected chi connectivity index (χ2v) is 23.5. The predicted molar refractivity (Wildman–Crippen MR) is 223 cm³/mol. The molecular weight excluding hydrogens is 839 g/mol. The maximum Gasteiger partial charge on any atom is 0.162 e. The Balaban J connectivity index is 0.000000306. The molecule has 5 rings (SSSR count). The molecule has 2 heterocycles. The summed E-state index contributed by atoms with van der Waals surface area (Å²) in [5.41, 5.74) is 3.54. The fourth-order valence-electron chi connectivity index (χ4n) is 7.70. The monoisotopic (exact) mass is 899 g/mol. The summed E-state index contributed by atoms with van der Waals surface area (Å²) in [7, 11) is -1.45. The first kappa shape index (κ1) is 42.8. The molecule has 3 nitrogen and oxygen atoms in total. The number of allylic oxidation sites excluding steroid dienone is 2. The number of carbonyl (C=O) groups is 1. The average Bonchev–Trinajstić information content (AvgIpc) is 3.38. The maximum absolute atomic E-state index is 12.3. The molecule has 0 aliphatic carbocycles. The Morgan fingerprint density at radius 2 is 1.33 bits per heavy atom. The molecule has 1 N–H and O–H groups in total. The molecule has 0 fully saturated rings. The van der Waals surface area contributed by atoms with Crippen molar-refractivity contribution in [1.29, 1.82) is 0 Å². The van der Waals surface area contributed by atoms with Crippen LogP contribution in [0.2, 0.25) is 19.6 Å². The summed E-state index contributed by atoms with van der Waals surface area (Å²) in [6, 6.07) is 23.6. The fraction of sp³-hybridized carbons (Fsp3) is 0.467. The fourth-order valence-corrected chi connectivity index (χ4v) is 11.4. The van der Waals surface area contributed by atoms with Gasteiger partial charge in [-0.05, 0) is 51.1 Å². The number of fused-ring (bicyclic) bond motifs is 4. The summed E-state index contributed by atoms with van der Waals surface area (Å²) < 4.78 is 2.71. The van der Waals surface area contributed by atoms with Crippen LogP contribution >= 0.6 is 11.3 Å². The van der Waals surface area contributed by atoms with Crippen molar-refractivity contribution in [1.82, 2.24) is 4.98 Å². The minimum atomic E-state index is -1.45. The quantitative estimate of drug-likeness (QED) is 0.0694. The third-order valence-electron chi connectivity index (χ3n) is 9.89. The number of thiophene rings is 1. The van der Waals surface area contributed by atoms with Gasteiger partial charge in [-0.2, -0.15) is 0 Å². The molecule has 0 amide bonds. The van der Waals surface area contributed by atoms with Crippen molar-refractivity contribution in [2.45, 2.75) is 101 Å². The van der Waals surface area contributed by atoms with E-state index in [4.69, 9.17) is 4.98 Å². The summed E-state index contributed by atoms with van der Waals surface area (Å²) in [6.45, 7) is 30.7. The van der Waals surface area contributed by atoms with Crippen molar-refractivity contribution in [2.75, 3.05) is 0 Å². The molecule has 0 saturated carbocycles. The first-order valence-electron chi connectivity index (χ1n) is 18.4. The number of aliphatic hydroxyl groups is 1. The van der Waals surface area contributed by atoms with E-state index in [0.717, 1.165) is 16.6 Å². The first-order chi connectivity index (χ1) is 23.2. The molecular formula is C45H60IrNO2SSi-. The number of carbonyl (C=O) groups excluding carboxylic acids is 1. The van der Waals surface area contributed by atoms with E-state index in [1.807, 2.05) is 17.5 Å². The number of ketones is 1. The Hall–Kier alpha value is -2.63. The molecule has 51 heavy (non-hydrogen) atoms. The molecule has 0 saturated heterocycles. The normalized spacial score (nSPS) is 12.9. The van der Waals surface area contributed by atoms with Crippen molar-refractivity contribution in [2.24, 2.45) is 35.5 Å². The van der Waals surface area contributed by atoms with Crippen molar-refractivity contribution in [3.63, 3.8) is 0 Å². The molecule has 277 valence electrons. The van der Waals surface area contributed by atoms with Crippen molar-refractivity contribution < 1.29 is 30.0 Å². The predicted octanol–water partition coefficient (Wildman–Crippen LogP) is 12.8. The maximum atomic E-state index is 12.3. The summed E-state index contributed by atoms with van der Waals surface area (Å²) in [6.07, 6.45) is 3.44. The minimum absolute atomic E-state index is 0. The molecule has 5 aromatic rings. The molecule has 0 spiro atoms. The van der Waals surface area contributed by atoms with Crippen molar-refractivity contribution in [3.05, 3.63) is 84.3 Å². The van der Waals surface area contributed by atoms with Crippen LogP contribution in [-0.4, -0.2) is 23.9 Å². The van der Waals surface area contributed by atoms with Gasteiger partial charge >= 0.3 is 0 Å². The number of aromatic nitrogens is 1. The van der Waals surface area contributed by atoms with Gasteiger partial charge in [0, 0.05) is 59.3 Å². The molecule has 2 aromatic heterocycles.